The van der Waals surface area contributed by atoms with E-state index >= 15 is 0 Å². The van der Waals surface area contributed by atoms with Gasteiger partial charge in [0.15, 0.2) is 0 Å². The Hall–Kier alpha value is -1.48. The Bertz CT molecular complexity index is 1400. The first-order valence-corrected chi connectivity index (χ1v) is 17.9. The Morgan fingerprint density at radius 1 is 1.07 bits per heavy atom. The summed E-state index contributed by atoms with van der Waals surface area (Å²) in [6.45, 7) is 3.59. The number of hydrogen-bond acceptors (Lipinski definition) is 12. The summed E-state index contributed by atoms with van der Waals surface area (Å²) in [5.74, 6) is -0.887. The summed E-state index contributed by atoms with van der Waals surface area (Å²) in [6.07, 6.45) is -1.67. The number of aliphatic hydroxyl groups excluding tert-OH is 1. The Morgan fingerprint density at radius 2 is 1.69 bits per heavy atom. The molecule has 0 saturated carbocycles. The minimum atomic E-state index is -5.73. The number of aryl methyl sites for hydroxylation is 1. The van der Waals surface area contributed by atoms with E-state index in [9.17, 15) is 43.6 Å². The van der Waals surface area contributed by atoms with E-state index in [2.05, 4.69) is 13.1 Å². The van der Waals surface area contributed by atoms with E-state index in [-0.39, 0.29) is 23.8 Å². The quantitative estimate of drug-likeness (QED) is 0.107. The third kappa shape index (κ3) is 10.3. The molecule has 0 aromatic heterocycles. The predicted octanol–water partition coefficient (Wildman–Crippen LogP) is 5.32. The van der Waals surface area contributed by atoms with Gasteiger partial charge in [0.05, 0.1) is 30.3 Å². The minimum Gasteiger partial charge on any atom is -0.390 e. The zero-order chi connectivity index (χ0) is 31.3. The molecule has 0 amide bonds. The van der Waals surface area contributed by atoms with Gasteiger partial charge in [-0.2, -0.15) is 8.62 Å². The second-order valence-electron chi connectivity index (χ2n) is 9.39. The second kappa shape index (κ2) is 14.5. The Labute approximate surface area is 246 Å². The molecule has 19 heteroatoms. The van der Waals surface area contributed by atoms with E-state index in [0.717, 1.165) is 9.79 Å². The first kappa shape index (κ1) is 35.0. The summed E-state index contributed by atoms with van der Waals surface area (Å²) in [5.41, 5.74) is 0.619. The summed E-state index contributed by atoms with van der Waals surface area (Å²) in [6, 6.07) is 12.3. The smallest absolute Gasteiger partial charge is 0.390 e. The number of ether oxygens (including phenoxy) is 1. The van der Waals surface area contributed by atoms with Gasteiger partial charge in [-0.1, -0.05) is 43.8 Å². The fourth-order valence-electron chi connectivity index (χ4n) is 4.04. The highest BCUT2D eigenvalue weighted by Crippen LogP contribution is 2.67. The highest BCUT2D eigenvalue weighted by molar-refractivity contribution is 7.99. The van der Waals surface area contributed by atoms with Crippen LogP contribution in [-0.2, 0) is 42.5 Å². The van der Waals surface area contributed by atoms with Crippen LogP contribution in [0.2, 0.25) is 0 Å². The monoisotopic (exact) mass is 671 g/mol. The fraction of sp³-hybridized carbons (Fsp3) is 0.478. The first-order chi connectivity index (χ1) is 19.5. The Balaban J connectivity index is 1.67. The molecule has 42 heavy (non-hydrogen) atoms. The van der Waals surface area contributed by atoms with E-state index in [1.54, 1.807) is 13.0 Å². The van der Waals surface area contributed by atoms with Crippen molar-refractivity contribution in [2.75, 3.05) is 13.2 Å². The standard InChI is InChI=1S/C23H32NO14P3S/c1-4-17-11-20(24(26)27)19(12-23(17)42-18-8-6-5-7-9-18)15(2)13-34-39(28,29)37-41(32,33)38-40(30,31)35-14-22-21(25)10-16(3)36-22/h5-9,11-12,15-16,21-22,25H,4,10,13-14H2,1-3H3,(H,28,29)(H,30,31)(H,32,33)/t15?,16-,21?,22+/m0/s1. The van der Waals surface area contributed by atoms with Crippen molar-refractivity contribution in [1.29, 1.82) is 0 Å². The van der Waals surface area contributed by atoms with Gasteiger partial charge in [-0.25, -0.2) is 13.7 Å². The lowest BCUT2D eigenvalue weighted by Gasteiger charge is -2.21. The normalized spacial score (nSPS) is 23.9. The molecule has 7 atom stereocenters. The number of rotatable bonds is 15. The van der Waals surface area contributed by atoms with E-state index in [0.29, 0.717) is 12.0 Å². The van der Waals surface area contributed by atoms with Crippen LogP contribution in [0.4, 0.5) is 5.69 Å². The van der Waals surface area contributed by atoms with Gasteiger partial charge in [0.1, 0.15) is 6.10 Å². The van der Waals surface area contributed by atoms with Crippen LogP contribution in [0.1, 0.15) is 44.2 Å². The van der Waals surface area contributed by atoms with Crippen LogP contribution < -0.4 is 0 Å². The van der Waals surface area contributed by atoms with E-state index < -0.39 is 59.7 Å². The van der Waals surface area contributed by atoms with Crippen LogP contribution in [0.3, 0.4) is 0 Å². The Kier molecular flexibility index (Phi) is 12.1. The number of aliphatic hydroxyl groups is 1. The predicted molar refractivity (Wildman–Crippen MR) is 150 cm³/mol. The molecule has 0 radical (unpaired) electrons. The number of hydrogen-bond donors (Lipinski definition) is 4. The minimum absolute atomic E-state index is 0.165. The van der Waals surface area contributed by atoms with Crippen LogP contribution in [0.5, 0.6) is 0 Å². The largest absolute Gasteiger partial charge is 0.490 e. The molecule has 1 heterocycles. The highest BCUT2D eigenvalue weighted by atomic mass is 32.2. The zero-order valence-corrected chi connectivity index (χ0v) is 26.2. The molecule has 15 nitrogen and oxygen atoms in total. The number of nitro benzene ring substituents is 1. The maximum atomic E-state index is 12.4. The summed E-state index contributed by atoms with van der Waals surface area (Å²) in [5, 5.41) is 21.6. The number of phosphoric acid groups is 3. The average molecular weight is 671 g/mol. The molecule has 4 N–H and O–H groups in total. The van der Waals surface area contributed by atoms with Crippen molar-refractivity contribution in [2.45, 2.75) is 67.6 Å². The molecule has 1 fully saturated rings. The van der Waals surface area contributed by atoms with Gasteiger partial charge >= 0.3 is 23.5 Å². The molecule has 5 unspecified atom stereocenters. The molecule has 3 rings (SSSR count). The van der Waals surface area contributed by atoms with Gasteiger partial charge < -0.3 is 24.5 Å². The molecule has 0 spiro atoms. The number of nitro groups is 1. The summed E-state index contributed by atoms with van der Waals surface area (Å²) < 4.78 is 59.6. The molecule has 1 saturated heterocycles. The van der Waals surface area contributed by atoms with Gasteiger partial charge in [0.25, 0.3) is 5.69 Å². The number of nitrogens with zero attached hydrogens (tertiary/aromatic N) is 1. The van der Waals surface area contributed by atoms with Crippen LogP contribution in [0.15, 0.2) is 52.3 Å². The van der Waals surface area contributed by atoms with Crippen molar-refractivity contribution in [1.82, 2.24) is 0 Å². The van der Waals surface area contributed by atoms with Crippen molar-refractivity contribution < 1.29 is 60.8 Å². The molecule has 234 valence electrons. The lowest BCUT2D eigenvalue weighted by Crippen LogP contribution is -2.26. The lowest BCUT2D eigenvalue weighted by atomic mass is 9.97. The van der Waals surface area contributed by atoms with E-state index in [4.69, 9.17) is 9.26 Å². The number of phosphoric ester groups is 2. The third-order valence-corrected chi connectivity index (χ3v) is 11.4. The summed E-state index contributed by atoms with van der Waals surface area (Å²) in [4.78, 5) is 42.4. The molecule has 1 aliphatic heterocycles. The van der Waals surface area contributed by atoms with E-state index in [1.807, 2.05) is 37.3 Å². The number of benzene rings is 2. The topological polar surface area (TPSA) is 221 Å². The van der Waals surface area contributed by atoms with Crippen molar-refractivity contribution in [3.05, 3.63) is 63.7 Å². The van der Waals surface area contributed by atoms with Crippen molar-refractivity contribution in [3.63, 3.8) is 0 Å². The maximum Gasteiger partial charge on any atom is 0.490 e. The van der Waals surface area contributed by atoms with Gasteiger partial charge in [0, 0.05) is 33.8 Å². The van der Waals surface area contributed by atoms with Gasteiger partial charge in [-0.15, -0.1) is 0 Å². The van der Waals surface area contributed by atoms with Crippen LogP contribution in [0, 0.1) is 10.1 Å². The Morgan fingerprint density at radius 3 is 2.24 bits per heavy atom. The zero-order valence-electron chi connectivity index (χ0n) is 22.7. The van der Waals surface area contributed by atoms with Crippen molar-refractivity contribution in [3.8, 4) is 0 Å². The SMILES string of the molecule is CCc1cc([N+](=O)[O-])c(C(C)COP(=O)(O)OP(=O)(O)OP(=O)(O)OC[C@H]2O[C@@H](C)CC2O)cc1Sc1ccccc1. The molecule has 0 aliphatic carbocycles. The third-order valence-electron chi connectivity index (χ3n) is 6.00. The lowest BCUT2D eigenvalue weighted by molar-refractivity contribution is -0.385. The molecular formula is C23H32NO14P3S. The van der Waals surface area contributed by atoms with Crippen molar-refractivity contribution in [2.24, 2.45) is 0 Å². The van der Waals surface area contributed by atoms with Gasteiger partial charge in [0.2, 0.25) is 0 Å². The summed E-state index contributed by atoms with van der Waals surface area (Å²) >= 11 is 1.38. The van der Waals surface area contributed by atoms with Crippen LogP contribution >= 0.6 is 35.2 Å². The average Bonchev–Trinajstić information content (AvgIpc) is 3.21. The maximum absolute atomic E-state index is 12.4. The highest BCUT2D eigenvalue weighted by Gasteiger charge is 2.43. The van der Waals surface area contributed by atoms with Crippen molar-refractivity contribution >= 4 is 40.9 Å². The fourth-order valence-corrected chi connectivity index (χ4v) is 8.71. The molecular weight excluding hydrogens is 639 g/mol. The van der Waals surface area contributed by atoms with Crippen LogP contribution in [0.25, 0.3) is 0 Å². The van der Waals surface area contributed by atoms with Gasteiger partial charge in [-0.05, 0) is 37.1 Å². The molecule has 1 aliphatic rings. The van der Waals surface area contributed by atoms with E-state index in [1.165, 1.54) is 24.8 Å². The van der Waals surface area contributed by atoms with Crippen LogP contribution in [-0.4, -0.2) is 56.2 Å². The second-order valence-corrected chi connectivity index (χ2v) is 15.1. The van der Waals surface area contributed by atoms with Gasteiger partial charge in [-0.3, -0.25) is 19.2 Å². The molecule has 2 aromatic carbocycles. The molecule has 2 aromatic rings. The first-order valence-electron chi connectivity index (χ1n) is 12.6. The summed E-state index contributed by atoms with van der Waals surface area (Å²) in [7, 11) is -16.5. The molecule has 0 bridgehead atoms.